The number of hydrogen-bond donors (Lipinski definition) is 1. The number of methoxy groups -OCH3 is 1. The van der Waals surface area contributed by atoms with Crippen molar-refractivity contribution in [1.82, 2.24) is 0 Å². The summed E-state index contributed by atoms with van der Waals surface area (Å²) in [5, 5.41) is -1.44. The van der Waals surface area contributed by atoms with Crippen LogP contribution in [0, 0.1) is 0 Å². The van der Waals surface area contributed by atoms with E-state index in [0.717, 1.165) is 26.4 Å². The molecule has 5 nitrogen and oxygen atoms in total. The first-order valence-corrected chi connectivity index (χ1v) is 12.5. The van der Waals surface area contributed by atoms with Crippen LogP contribution >= 0.6 is 0 Å². The summed E-state index contributed by atoms with van der Waals surface area (Å²) in [4.78, 5) is 11.4. The van der Waals surface area contributed by atoms with Crippen LogP contribution in [0.2, 0.25) is 0 Å². The lowest BCUT2D eigenvalue weighted by molar-refractivity contribution is -0.140. The molecule has 1 atom stereocenters. The summed E-state index contributed by atoms with van der Waals surface area (Å²) in [6, 6.07) is 0. The molecule has 0 aromatic carbocycles. The zero-order valence-electron chi connectivity index (χ0n) is 17.6. The molecule has 0 saturated heterocycles. The highest BCUT2D eigenvalue weighted by Crippen LogP contribution is 2.16. The number of rotatable bonds is 19. The topological polar surface area (TPSA) is 80.7 Å². The third-order valence-electron chi connectivity index (χ3n) is 5.14. The average molecular weight is 407 g/mol. The Kier molecular flexibility index (Phi) is 17.1. The van der Waals surface area contributed by atoms with E-state index >= 15 is 0 Å². The molecule has 1 N–H and O–H groups in total. The Morgan fingerprint density at radius 2 is 1.07 bits per heavy atom. The van der Waals surface area contributed by atoms with Crippen molar-refractivity contribution in [2.24, 2.45) is 0 Å². The first-order chi connectivity index (χ1) is 12.9. The van der Waals surface area contributed by atoms with Gasteiger partial charge in [-0.2, -0.15) is 8.42 Å². The van der Waals surface area contributed by atoms with Crippen LogP contribution in [-0.4, -0.2) is 31.3 Å². The van der Waals surface area contributed by atoms with Crippen molar-refractivity contribution in [3.8, 4) is 0 Å². The largest absolute Gasteiger partial charge is 0.468 e. The van der Waals surface area contributed by atoms with Gasteiger partial charge in [-0.1, -0.05) is 110 Å². The highest BCUT2D eigenvalue weighted by molar-refractivity contribution is 7.87. The second kappa shape index (κ2) is 17.5. The number of carbonyl (C=O) groups excluding carboxylic acids is 1. The Hall–Kier alpha value is -0.620. The van der Waals surface area contributed by atoms with Gasteiger partial charge < -0.3 is 4.74 Å². The van der Waals surface area contributed by atoms with E-state index < -0.39 is 21.3 Å². The molecular formula is C21H42O5S. The predicted molar refractivity (Wildman–Crippen MR) is 112 cm³/mol. The maximum absolute atomic E-state index is 11.4. The lowest BCUT2D eigenvalue weighted by atomic mass is 10.0. The molecule has 0 aromatic rings. The average Bonchev–Trinajstić information content (AvgIpc) is 2.62. The third-order valence-corrected chi connectivity index (χ3v) is 6.29. The van der Waals surface area contributed by atoms with E-state index in [0.29, 0.717) is 6.42 Å². The van der Waals surface area contributed by atoms with Crippen molar-refractivity contribution >= 4 is 16.1 Å². The molecule has 0 radical (unpaired) electrons. The van der Waals surface area contributed by atoms with Crippen molar-refractivity contribution < 1.29 is 22.5 Å². The standard InChI is InChI=1S/C21H42O5S/c1-3-4-5-6-7-8-9-10-11-12-13-14-15-16-17-18-19-20(21(22)26-2)27(23,24)25/h20H,3-19H2,1-2H3,(H,23,24,25). The predicted octanol–water partition coefficient (Wildman–Crippen LogP) is 6.07. The SMILES string of the molecule is CCCCCCCCCCCCCCCCCCC(C(=O)OC)S(=O)(=O)O. The van der Waals surface area contributed by atoms with Crippen LogP contribution in [0.15, 0.2) is 0 Å². The summed E-state index contributed by atoms with van der Waals surface area (Å²) < 4.78 is 35.9. The van der Waals surface area contributed by atoms with Crippen LogP contribution in [0.4, 0.5) is 0 Å². The number of esters is 1. The van der Waals surface area contributed by atoms with Gasteiger partial charge in [0.1, 0.15) is 0 Å². The smallest absolute Gasteiger partial charge is 0.326 e. The Bertz CT molecular complexity index is 447. The van der Waals surface area contributed by atoms with Crippen LogP contribution < -0.4 is 0 Å². The molecule has 0 saturated carbocycles. The van der Waals surface area contributed by atoms with Crippen molar-refractivity contribution in [2.45, 2.75) is 121 Å². The summed E-state index contributed by atoms with van der Waals surface area (Å²) in [6.45, 7) is 2.25. The van der Waals surface area contributed by atoms with E-state index in [1.807, 2.05) is 0 Å². The molecule has 0 spiro atoms. The van der Waals surface area contributed by atoms with Crippen LogP contribution in [0.25, 0.3) is 0 Å². The lowest BCUT2D eigenvalue weighted by Gasteiger charge is -2.11. The van der Waals surface area contributed by atoms with Crippen LogP contribution in [0.3, 0.4) is 0 Å². The van der Waals surface area contributed by atoms with E-state index in [1.165, 1.54) is 77.0 Å². The summed E-state index contributed by atoms with van der Waals surface area (Å²) in [6.07, 6.45) is 20.0. The van der Waals surface area contributed by atoms with E-state index in [4.69, 9.17) is 4.55 Å². The minimum Gasteiger partial charge on any atom is -0.468 e. The fourth-order valence-corrected chi connectivity index (χ4v) is 4.20. The van der Waals surface area contributed by atoms with Crippen LogP contribution in [-0.2, 0) is 19.6 Å². The first kappa shape index (κ1) is 26.4. The van der Waals surface area contributed by atoms with Gasteiger partial charge in [0.05, 0.1) is 7.11 Å². The van der Waals surface area contributed by atoms with Gasteiger partial charge in [-0.25, -0.2) is 0 Å². The van der Waals surface area contributed by atoms with E-state index in [-0.39, 0.29) is 6.42 Å². The molecule has 0 aliphatic carbocycles. The minimum absolute atomic E-state index is 0.129. The van der Waals surface area contributed by atoms with Gasteiger partial charge in [-0.3, -0.25) is 9.35 Å². The molecular weight excluding hydrogens is 364 g/mol. The van der Waals surface area contributed by atoms with Crippen molar-refractivity contribution in [2.75, 3.05) is 7.11 Å². The molecule has 6 heteroatoms. The quantitative estimate of drug-likeness (QED) is 0.160. The monoisotopic (exact) mass is 406 g/mol. The molecule has 0 aliphatic rings. The Balaban J connectivity index is 3.41. The molecule has 0 rings (SSSR count). The molecule has 0 aliphatic heterocycles. The van der Waals surface area contributed by atoms with Crippen LogP contribution in [0.5, 0.6) is 0 Å². The summed E-state index contributed by atoms with van der Waals surface area (Å²) in [5.41, 5.74) is 0. The van der Waals surface area contributed by atoms with Gasteiger partial charge in [0.25, 0.3) is 10.1 Å². The highest BCUT2D eigenvalue weighted by Gasteiger charge is 2.31. The zero-order valence-corrected chi connectivity index (χ0v) is 18.4. The van der Waals surface area contributed by atoms with Crippen molar-refractivity contribution in [3.05, 3.63) is 0 Å². The van der Waals surface area contributed by atoms with Gasteiger partial charge in [0.15, 0.2) is 5.25 Å². The Labute approximate surface area is 167 Å². The van der Waals surface area contributed by atoms with Crippen LogP contribution in [0.1, 0.15) is 116 Å². The molecule has 0 aromatic heterocycles. The van der Waals surface area contributed by atoms with Gasteiger partial charge in [-0.05, 0) is 6.42 Å². The van der Waals surface area contributed by atoms with Gasteiger partial charge in [0.2, 0.25) is 0 Å². The summed E-state index contributed by atoms with van der Waals surface area (Å²) in [7, 11) is -3.24. The van der Waals surface area contributed by atoms with E-state index in [1.54, 1.807) is 0 Å². The Morgan fingerprint density at radius 1 is 0.741 bits per heavy atom. The number of unbranched alkanes of at least 4 members (excludes halogenated alkanes) is 15. The number of hydrogen-bond acceptors (Lipinski definition) is 4. The van der Waals surface area contributed by atoms with Gasteiger partial charge >= 0.3 is 5.97 Å². The molecule has 0 amide bonds. The molecule has 27 heavy (non-hydrogen) atoms. The molecule has 162 valence electrons. The highest BCUT2D eigenvalue weighted by atomic mass is 32.2. The summed E-state index contributed by atoms with van der Waals surface area (Å²) in [5.74, 6) is -0.876. The number of carbonyl (C=O) groups is 1. The van der Waals surface area contributed by atoms with Crippen molar-refractivity contribution in [3.63, 3.8) is 0 Å². The van der Waals surface area contributed by atoms with E-state index in [2.05, 4.69) is 11.7 Å². The minimum atomic E-state index is -4.37. The zero-order chi connectivity index (χ0) is 20.4. The molecule has 0 fully saturated rings. The fourth-order valence-electron chi connectivity index (χ4n) is 3.40. The Morgan fingerprint density at radius 3 is 1.37 bits per heavy atom. The normalized spacial score (nSPS) is 12.9. The molecule has 1 unspecified atom stereocenters. The maximum Gasteiger partial charge on any atom is 0.326 e. The number of ether oxygens (including phenoxy) is 1. The second-order valence-corrected chi connectivity index (χ2v) is 9.22. The van der Waals surface area contributed by atoms with Gasteiger partial charge in [0, 0.05) is 0 Å². The fraction of sp³-hybridized carbons (Fsp3) is 0.952. The second-order valence-electron chi connectivity index (χ2n) is 7.62. The lowest BCUT2D eigenvalue weighted by Crippen LogP contribution is -2.30. The first-order valence-electron chi connectivity index (χ1n) is 11.0. The molecule has 0 heterocycles. The maximum atomic E-state index is 11.4. The third kappa shape index (κ3) is 16.1. The van der Waals surface area contributed by atoms with Crippen molar-refractivity contribution in [1.29, 1.82) is 0 Å². The van der Waals surface area contributed by atoms with Gasteiger partial charge in [-0.15, -0.1) is 0 Å². The van der Waals surface area contributed by atoms with E-state index in [9.17, 15) is 13.2 Å². The summed E-state index contributed by atoms with van der Waals surface area (Å²) >= 11 is 0. The molecule has 0 bridgehead atoms.